The van der Waals surface area contributed by atoms with Crippen LogP contribution in [0.1, 0.15) is 11.4 Å². The molecule has 1 heterocycles. The highest BCUT2D eigenvalue weighted by Gasteiger charge is 2.10. The Labute approximate surface area is 119 Å². The lowest BCUT2D eigenvalue weighted by Gasteiger charge is -2.10. The van der Waals surface area contributed by atoms with Crippen molar-refractivity contribution in [2.75, 3.05) is 5.32 Å². The summed E-state index contributed by atoms with van der Waals surface area (Å²) < 4.78 is 41.5. The molecular formula is C14H13F3N2O2. The SMILES string of the molecule is Cc1ccc(O)c(CNc2ccc(OC(F)F)c(F)c2)n1. The monoisotopic (exact) mass is 298 g/mol. The van der Waals surface area contributed by atoms with E-state index in [-0.39, 0.29) is 12.3 Å². The molecule has 112 valence electrons. The third-order valence-corrected chi connectivity index (χ3v) is 2.70. The molecule has 0 amide bonds. The number of rotatable bonds is 5. The van der Waals surface area contributed by atoms with Gasteiger partial charge >= 0.3 is 6.61 Å². The van der Waals surface area contributed by atoms with Crippen LogP contribution in [0.2, 0.25) is 0 Å². The van der Waals surface area contributed by atoms with Crippen molar-refractivity contribution in [3.63, 3.8) is 0 Å². The minimum absolute atomic E-state index is 0.0197. The number of alkyl halides is 2. The third-order valence-electron chi connectivity index (χ3n) is 2.70. The first-order chi connectivity index (χ1) is 9.95. The van der Waals surface area contributed by atoms with E-state index in [0.717, 1.165) is 17.8 Å². The highest BCUT2D eigenvalue weighted by Crippen LogP contribution is 2.24. The van der Waals surface area contributed by atoms with Crippen molar-refractivity contribution in [2.45, 2.75) is 20.1 Å². The van der Waals surface area contributed by atoms with Crippen molar-refractivity contribution in [2.24, 2.45) is 0 Å². The van der Waals surface area contributed by atoms with Crippen LogP contribution >= 0.6 is 0 Å². The summed E-state index contributed by atoms with van der Waals surface area (Å²) >= 11 is 0. The van der Waals surface area contributed by atoms with Crippen LogP contribution in [0.4, 0.5) is 18.9 Å². The van der Waals surface area contributed by atoms with E-state index in [2.05, 4.69) is 15.0 Å². The number of ether oxygens (including phenoxy) is 1. The molecule has 7 heteroatoms. The number of aromatic hydroxyl groups is 1. The highest BCUT2D eigenvalue weighted by molar-refractivity contribution is 5.48. The van der Waals surface area contributed by atoms with Crippen molar-refractivity contribution in [1.82, 2.24) is 4.98 Å². The lowest BCUT2D eigenvalue weighted by molar-refractivity contribution is -0.0521. The number of nitrogens with one attached hydrogen (secondary N) is 1. The normalized spacial score (nSPS) is 10.7. The van der Waals surface area contributed by atoms with Crippen LogP contribution in [0.5, 0.6) is 11.5 Å². The minimum Gasteiger partial charge on any atom is -0.506 e. The van der Waals surface area contributed by atoms with E-state index in [4.69, 9.17) is 0 Å². The average molecular weight is 298 g/mol. The van der Waals surface area contributed by atoms with Gasteiger partial charge in [0.1, 0.15) is 11.4 Å². The van der Waals surface area contributed by atoms with E-state index >= 15 is 0 Å². The van der Waals surface area contributed by atoms with E-state index in [1.807, 2.05) is 0 Å². The Hall–Kier alpha value is -2.44. The van der Waals surface area contributed by atoms with Crippen LogP contribution < -0.4 is 10.1 Å². The summed E-state index contributed by atoms with van der Waals surface area (Å²) in [6, 6.07) is 6.71. The summed E-state index contributed by atoms with van der Waals surface area (Å²) in [6.45, 7) is -1.13. The molecule has 0 bridgehead atoms. The van der Waals surface area contributed by atoms with Gasteiger partial charge in [-0.15, -0.1) is 0 Å². The number of hydrogen-bond acceptors (Lipinski definition) is 4. The quantitative estimate of drug-likeness (QED) is 0.887. The van der Waals surface area contributed by atoms with Gasteiger partial charge < -0.3 is 15.2 Å². The Morgan fingerprint density at radius 2 is 2.05 bits per heavy atom. The number of anilines is 1. The van der Waals surface area contributed by atoms with Gasteiger partial charge in [0.2, 0.25) is 0 Å². The second kappa shape index (κ2) is 6.34. The predicted molar refractivity (Wildman–Crippen MR) is 71.0 cm³/mol. The lowest BCUT2D eigenvalue weighted by Crippen LogP contribution is -2.05. The number of benzene rings is 1. The molecule has 2 rings (SSSR count). The molecule has 2 aromatic rings. The van der Waals surface area contributed by atoms with Crippen molar-refractivity contribution in [3.05, 3.63) is 47.5 Å². The number of hydrogen-bond donors (Lipinski definition) is 2. The van der Waals surface area contributed by atoms with E-state index in [1.165, 1.54) is 12.1 Å². The first-order valence-electron chi connectivity index (χ1n) is 6.09. The Balaban J connectivity index is 2.07. The van der Waals surface area contributed by atoms with Gasteiger partial charge in [-0.1, -0.05) is 0 Å². The van der Waals surface area contributed by atoms with Crippen molar-refractivity contribution >= 4 is 5.69 Å². The molecule has 0 saturated carbocycles. The van der Waals surface area contributed by atoms with Gasteiger partial charge in [-0.3, -0.25) is 4.98 Å². The predicted octanol–water partition coefficient (Wildman–Crippen LogP) is 3.45. The Morgan fingerprint density at radius 3 is 2.71 bits per heavy atom. The van der Waals surface area contributed by atoms with E-state index < -0.39 is 18.2 Å². The number of halogens is 3. The zero-order valence-electron chi connectivity index (χ0n) is 11.1. The van der Waals surface area contributed by atoms with Gasteiger partial charge in [0, 0.05) is 17.4 Å². The van der Waals surface area contributed by atoms with E-state index in [9.17, 15) is 18.3 Å². The second-order valence-electron chi connectivity index (χ2n) is 4.30. The largest absolute Gasteiger partial charge is 0.506 e. The highest BCUT2D eigenvalue weighted by atomic mass is 19.3. The van der Waals surface area contributed by atoms with Crippen molar-refractivity contribution < 1.29 is 23.0 Å². The first kappa shape index (κ1) is 15.0. The number of aromatic nitrogens is 1. The molecule has 0 atom stereocenters. The van der Waals surface area contributed by atoms with E-state index in [0.29, 0.717) is 11.4 Å². The summed E-state index contributed by atoms with van der Waals surface area (Å²) in [4.78, 5) is 4.14. The Morgan fingerprint density at radius 1 is 1.29 bits per heavy atom. The molecule has 0 unspecified atom stereocenters. The molecular weight excluding hydrogens is 285 g/mol. The summed E-state index contributed by atoms with van der Waals surface area (Å²) in [7, 11) is 0. The molecule has 0 aliphatic carbocycles. The smallest absolute Gasteiger partial charge is 0.387 e. The van der Waals surface area contributed by atoms with Gasteiger partial charge in [-0.25, -0.2) is 4.39 Å². The summed E-state index contributed by atoms with van der Waals surface area (Å²) in [5, 5.41) is 12.5. The maximum absolute atomic E-state index is 13.5. The molecule has 0 aliphatic rings. The lowest BCUT2D eigenvalue weighted by atomic mass is 10.2. The third kappa shape index (κ3) is 4.01. The number of nitrogens with zero attached hydrogens (tertiary/aromatic N) is 1. The molecule has 1 aromatic heterocycles. The fraction of sp³-hybridized carbons (Fsp3) is 0.214. The topological polar surface area (TPSA) is 54.4 Å². The van der Waals surface area contributed by atoms with Gasteiger partial charge in [-0.2, -0.15) is 8.78 Å². The fourth-order valence-electron chi connectivity index (χ4n) is 1.72. The van der Waals surface area contributed by atoms with Crippen LogP contribution in [0.15, 0.2) is 30.3 Å². The van der Waals surface area contributed by atoms with Crippen molar-refractivity contribution in [3.8, 4) is 11.5 Å². The molecule has 0 aliphatic heterocycles. The number of pyridine rings is 1. The fourth-order valence-corrected chi connectivity index (χ4v) is 1.72. The van der Waals surface area contributed by atoms with Crippen molar-refractivity contribution in [1.29, 1.82) is 0 Å². The molecule has 0 spiro atoms. The molecule has 1 aromatic carbocycles. The average Bonchev–Trinajstić information content (AvgIpc) is 2.42. The second-order valence-corrected chi connectivity index (χ2v) is 4.30. The minimum atomic E-state index is -3.08. The van der Waals surface area contributed by atoms with Gasteiger partial charge in [0.05, 0.1) is 6.54 Å². The summed E-state index contributed by atoms with van der Waals surface area (Å²) in [5.74, 6) is -1.40. The molecule has 2 N–H and O–H groups in total. The van der Waals surface area contributed by atoms with Gasteiger partial charge in [-0.05, 0) is 31.2 Å². The molecule has 0 saturated heterocycles. The van der Waals surface area contributed by atoms with Crippen LogP contribution in [0.25, 0.3) is 0 Å². The Kier molecular flexibility index (Phi) is 4.52. The van der Waals surface area contributed by atoms with Crippen LogP contribution in [0, 0.1) is 12.7 Å². The maximum Gasteiger partial charge on any atom is 0.387 e. The first-order valence-corrected chi connectivity index (χ1v) is 6.09. The molecule has 4 nitrogen and oxygen atoms in total. The van der Waals surface area contributed by atoms with E-state index in [1.54, 1.807) is 13.0 Å². The zero-order chi connectivity index (χ0) is 15.4. The standard InChI is InChI=1S/C14H13F3N2O2/c1-8-2-4-12(20)11(19-8)7-18-9-3-5-13(10(15)6-9)21-14(16)17/h2-6,14,18,20H,7H2,1H3. The Bertz CT molecular complexity index is 636. The molecule has 0 radical (unpaired) electrons. The van der Waals surface area contributed by atoms with Crippen LogP contribution in [-0.4, -0.2) is 16.7 Å². The van der Waals surface area contributed by atoms with Crippen LogP contribution in [-0.2, 0) is 6.54 Å². The maximum atomic E-state index is 13.5. The number of aryl methyl sites for hydroxylation is 1. The molecule has 21 heavy (non-hydrogen) atoms. The van der Waals surface area contributed by atoms with Gasteiger partial charge in [0.25, 0.3) is 0 Å². The summed E-state index contributed by atoms with van der Waals surface area (Å²) in [6.07, 6.45) is 0. The summed E-state index contributed by atoms with van der Waals surface area (Å²) in [5.41, 5.74) is 1.50. The van der Waals surface area contributed by atoms with Crippen LogP contribution in [0.3, 0.4) is 0 Å². The zero-order valence-corrected chi connectivity index (χ0v) is 11.1. The molecule has 0 fully saturated rings. The van der Waals surface area contributed by atoms with Gasteiger partial charge in [0.15, 0.2) is 11.6 Å².